The Bertz CT molecular complexity index is 793. The smallest absolute Gasteiger partial charge is 0.241 e. The van der Waals surface area contributed by atoms with Crippen LogP contribution in [0.25, 0.3) is 0 Å². The minimum absolute atomic E-state index is 0. The van der Waals surface area contributed by atoms with E-state index in [0.717, 1.165) is 37.3 Å². The summed E-state index contributed by atoms with van der Waals surface area (Å²) in [6, 6.07) is 3.02. The van der Waals surface area contributed by atoms with Crippen LogP contribution in [0.5, 0.6) is 0 Å². The monoisotopic (exact) mass is 401 g/mol. The maximum atomic E-state index is 14.0. The van der Waals surface area contributed by atoms with Crippen molar-refractivity contribution in [1.29, 1.82) is 0 Å². The van der Waals surface area contributed by atoms with Crippen molar-refractivity contribution in [3.63, 3.8) is 0 Å². The van der Waals surface area contributed by atoms with Gasteiger partial charge in [-0.15, -0.1) is 12.4 Å². The van der Waals surface area contributed by atoms with Crippen LogP contribution in [0, 0.1) is 5.82 Å². The lowest BCUT2D eigenvalue weighted by Gasteiger charge is -2.28. The summed E-state index contributed by atoms with van der Waals surface area (Å²) in [6.07, 6.45) is 3.91. The maximum absolute atomic E-state index is 14.0. The normalized spacial score (nSPS) is 17.3. The summed E-state index contributed by atoms with van der Waals surface area (Å²) in [5.41, 5.74) is 4.70. The highest BCUT2D eigenvalue weighted by Crippen LogP contribution is 2.30. The van der Waals surface area contributed by atoms with Crippen molar-refractivity contribution in [2.45, 2.75) is 36.1 Å². The van der Waals surface area contributed by atoms with E-state index in [9.17, 15) is 21.2 Å². The molecule has 24 heavy (non-hydrogen) atoms. The average Bonchev–Trinajstić information content (AvgIpc) is 2.88. The number of hydrogen-bond donors (Lipinski definition) is 3. The molecule has 7 nitrogen and oxygen atoms in total. The van der Waals surface area contributed by atoms with E-state index < -0.39 is 31.4 Å². The molecule has 0 aromatic heterocycles. The standard InChI is InChI=1S/C13H20FN3O4S2.ClH/c1-22(18,19)16-12-5-4-10(8-11(12)14)23(20,21)17-13(9-15)6-2-3-7-13;/h4-5,8,16-17H,2-3,6-7,9,15H2,1H3;1H. The quantitative estimate of drug-likeness (QED) is 0.661. The van der Waals surface area contributed by atoms with Crippen LogP contribution in [0.3, 0.4) is 0 Å². The van der Waals surface area contributed by atoms with Gasteiger partial charge in [0.05, 0.1) is 16.8 Å². The van der Waals surface area contributed by atoms with Crippen molar-refractivity contribution in [2.75, 3.05) is 17.5 Å². The Balaban J connectivity index is 0.00000288. The predicted octanol–water partition coefficient (Wildman–Crippen LogP) is 1.17. The lowest BCUT2D eigenvalue weighted by molar-refractivity contribution is 0.399. The van der Waals surface area contributed by atoms with Crippen molar-refractivity contribution < 1.29 is 21.2 Å². The second-order valence-corrected chi connectivity index (χ2v) is 9.24. The van der Waals surface area contributed by atoms with Gasteiger partial charge in [0.1, 0.15) is 5.82 Å². The Kier molecular flexibility index (Phi) is 6.62. The molecule has 0 heterocycles. The molecule has 0 amide bonds. The Morgan fingerprint density at radius 3 is 2.25 bits per heavy atom. The summed E-state index contributed by atoms with van der Waals surface area (Å²) in [6.45, 7) is 0.169. The Labute approximate surface area is 147 Å². The molecule has 0 unspecified atom stereocenters. The number of sulfonamides is 2. The summed E-state index contributed by atoms with van der Waals surface area (Å²) in [5.74, 6) is -0.966. The van der Waals surface area contributed by atoms with Crippen LogP contribution in [0.2, 0.25) is 0 Å². The molecule has 138 valence electrons. The van der Waals surface area contributed by atoms with Crippen LogP contribution in [0.4, 0.5) is 10.1 Å². The molecule has 1 aliphatic rings. The van der Waals surface area contributed by atoms with E-state index in [4.69, 9.17) is 5.73 Å². The Hall–Kier alpha value is -0.940. The highest BCUT2D eigenvalue weighted by molar-refractivity contribution is 7.92. The molecular formula is C13H21ClFN3O4S2. The largest absolute Gasteiger partial charge is 0.329 e. The van der Waals surface area contributed by atoms with Gasteiger partial charge in [-0.05, 0) is 31.0 Å². The van der Waals surface area contributed by atoms with Crippen molar-refractivity contribution in [3.8, 4) is 0 Å². The van der Waals surface area contributed by atoms with Crippen molar-refractivity contribution in [1.82, 2.24) is 4.72 Å². The van der Waals surface area contributed by atoms with E-state index >= 15 is 0 Å². The molecule has 1 aromatic rings. The topological polar surface area (TPSA) is 118 Å². The van der Waals surface area contributed by atoms with Gasteiger partial charge < -0.3 is 5.73 Å². The second kappa shape index (κ2) is 7.52. The maximum Gasteiger partial charge on any atom is 0.241 e. The van der Waals surface area contributed by atoms with Gasteiger partial charge in [0.2, 0.25) is 20.0 Å². The Morgan fingerprint density at radius 1 is 1.21 bits per heavy atom. The predicted molar refractivity (Wildman–Crippen MR) is 92.7 cm³/mol. The molecule has 4 N–H and O–H groups in total. The molecule has 1 aromatic carbocycles. The number of hydrogen-bond acceptors (Lipinski definition) is 5. The number of nitrogens with two attached hydrogens (primary N) is 1. The molecule has 0 atom stereocenters. The van der Waals surface area contributed by atoms with Gasteiger partial charge >= 0.3 is 0 Å². The van der Waals surface area contributed by atoms with Crippen LogP contribution < -0.4 is 15.2 Å². The number of anilines is 1. The number of benzene rings is 1. The van der Waals surface area contributed by atoms with E-state index in [1.807, 2.05) is 4.72 Å². The van der Waals surface area contributed by atoms with Crippen LogP contribution in [-0.2, 0) is 20.0 Å². The van der Waals surface area contributed by atoms with Crippen LogP contribution >= 0.6 is 12.4 Å². The van der Waals surface area contributed by atoms with Crippen molar-refractivity contribution in [3.05, 3.63) is 24.0 Å². The van der Waals surface area contributed by atoms with Gasteiger partial charge in [-0.1, -0.05) is 12.8 Å². The van der Waals surface area contributed by atoms with Gasteiger partial charge in [-0.25, -0.2) is 25.9 Å². The van der Waals surface area contributed by atoms with Crippen LogP contribution in [-0.4, -0.2) is 35.2 Å². The van der Waals surface area contributed by atoms with Crippen molar-refractivity contribution >= 4 is 38.1 Å². The molecule has 11 heteroatoms. The molecule has 0 radical (unpaired) electrons. The lowest BCUT2D eigenvalue weighted by atomic mass is 10.0. The lowest BCUT2D eigenvalue weighted by Crippen LogP contribution is -2.51. The van der Waals surface area contributed by atoms with Crippen LogP contribution in [0.15, 0.2) is 23.1 Å². The zero-order chi connectivity index (χ0) is 17.3. The molecule has 2 rings (SSSR count). The van der Waals surface area contributed by atoms with E-state index in [-0.39, 0.29) is 29.5 Å². The van der Waals surface area contributed by atoms with Crippen molar-refractivity contribution in [2.24, 2.45) is 5.73 Å². The fourth-order valence-electron chi connectivity index (χ4n) is 2.69. The summed E-state index contributed by atoms with van der Waals surface area (Å²) in [5, 5.41) is 0. The summed E-state index contributed by atoms with van der Waals surface area (Å²) >= 11 is 0. The zero-order valence-electron chi connectivity index (χ0n) is 13.1. The first-order valence-electron chi connectivity index (χ1n) is 7.08. The third-order valence-electron chi connectivity index (χ3n) is 3.85. The molecule has 1 saturated carbocycles. The Morgan fingerprint density at radius 2 is 1.79 bits per heavy atom. The second-order valence-electron chi connectivity index (χ2n) is 5.81. The van der Waals surface area contributed by atoms with E-state index in [0.29, 0.717) is 12.8 Å². The third-order valence-corrected chi connectivity index (χ3v) is 6.02. The first-order chi connectivity index (χ1) is 10.6. The summed E-state index contributed by atoms with van der Waals surface area (Å²) in [7, 11) is -7.60. The van der Waals surface area contributed by atoms with Gasteiger partial charge in [0, 0.05) is 12.1 Å². The van der Waals surface area contributed by atoms with E-state index in [1.54, 1.807) is 0 Å². The number of nitrogens with one attached hydrogen (secondary N) is 2. The third kappa shape index (κ3) is 5.03. The SMILES string of the molecule is CS(=O)(=O)Nc1ccc(S(=O)(=O)NC2(CN)CCCC2)cc1F.Cl. The van der Waals surface area contributed by atoms with E-state index in [2.05, 4.69) is 4.72 Å². The minimum atomic E-state index is -3.94. The fraction of sp³-hybridized carbons (Fsp3) is 0.538. The molecule has 0 bridgehead atoms. The zero-order valence-corrected chi connectivity index (χ0v) is 15.5. The molecular weight excluding hydrogens is 381 g/mol. The van der Waals surface area contributed by atoms with Gasteiger partial charge in [-0.2, -0.15) is 0 Å². The minimum Gasteiger partial charge on any atom is -0.329 e. The molecule has 0 aliphatic heterocycles. The molecule has 0 saturated heterocycles. The van der Waals surface area contributed by atoms with E-state index in [1.165, 1.54) is 0 Å². The van der Waals surface area contributed by atoms with Gasteiger partial charge in [0.15, 0.2) is 0 Å². The highest BCUT2D eigenvalue weighted by Gasteiger charge is 2.37. The highest BCUT2D eigenvalue weighted by atomic mass is 35.5. The molecule has 1 aliphatic carbocycles. The number of rotatable bonds is 6. The first-order valence-corrected chi connectivity index (χ1v) is 10.5. The molecule has 1 fully saturated rings. The number of halogens is 2. The average molecular weight is 402 g/mol. The van der Waals surface area contributed by atoms with Gasteiger partial charge in [0.25, 0.3) is 0 Å². The summed E-state index contributed by atoms with van der Waals surface area (Å²) in [4.78, 5) is -0.270. The summed E-state index contributed by atoms with van der Waals surface area (Å²) < 4.78 is 65.6. The fourth-order valence-corrected chi connectivity index (χ4v) is 4.74. The first kappa shape index (κ1) is 21.1. The van der Waals surface area contributed by atoms with Gasteiger partial charge in [-0.3, -0.25) is 4.72 Å². The molecule has 0 spiro atoms. The van der Waals surface area contributed by atoms with Crippen LogP contribution in [0.1, 0.15) is 25.7 Å².